The molecule has 0 aliphatic heterocycles. The van der Waals surface area contributed by atoms with Gasteiger partial charge in [-0.1, -0.05) is 55.8 Å². The second-order valence-electron chi connectivity index (χ2n) is 5.59. The molecule has 2 nitrogen and oxygen atoms in total. The van der Waals surface area contributed by atoms with Crippen molar-refractivity contribution in [3.63, 3.8) is 0 Å². The Morgan fingerprint density at radius 3 is 2.43 bits per heavy atom. The lowest BCUT2D eigenvalue weighted by Gasteiger charge is -2.22. The molecule has 0 saturated heterocycles. The van der Waals surface area contributed by atoms with E-state index >= 15 is 0 Å². The van der Waals surface area contributed by atoms with Crippen molar-refractivity contribution in [2.24, 2.45) is 5.92 Å². The Kier molecular flexibility index (Phi) is 5.51. The Balaban J connectivity index is 2.23. The van der Waals surface area contributed by atoms with E-state index in [9.17, 15) is 0 Å². The summed E-state index contributed by atoms with van der Waals surface area (Å²) in [6.07, 6.45) is 1.06. The monoisotopic (exact) mass is 303 g/mol. The molecule has 2 aromatic carbocycles. The van der Waals surface area contributed by atoms with E-state index in [1.807, 2.05) is 24.3 Å². The quantitative estimate of drug-likeness (QED) is 0.755. The van der Waals surface area contributed by atoms with E-state index in [4.69, 9.17) is 16.3 Å². The van der Waals surface area contributed by atoms with Crippen molar-refractivity contribution in [3.8, 4) is 5.75 Å². The predicted octanol–water partition coefficient (Wildman–Crippen LogP) is 5.55. The van der Waals surface area contributed by atoms with Crippen LogP contribution in [0.25, 0.3) is 0 Å². The lowest BCUT2D eigenvalue weighted by atomic mass is 9.97. The fourth-order valence-electron chi connectivity index (χ4n) is 2.39. The molecule has 0 radical (unpaired) electrons. The van der Waals surface area contributed by atoms with Crippen molar-refractivity contribution >= 4 is 17.3 Å². The van der Waals surface area contributed by atoms with Gasteiger partial charge in [0, 0.05) is 11.8 Å². The molecule has 0 amide bonds. The van der Waals surface area contributed by atoms with Crippen LogP contribution in [0, 0.1) is 5.92 Å². The summed E-state index contributed by atoms with van der Waals surface area (Å²) in [4.78, 5) is 0. The zero-order valence-corrected chi connectivity index (χ0v) is 13.5. The van der Waals surface area contributed by atoms with Crippen molar-refractivity contribution in [1.29, 1.82) is 0 Å². The molecule has 1 unspecified atom stereocenters. The lowest BCUT2D eigenvalue weighted by Crippen LogP contribution is -2.13. The van der Waals surface area contributed by atoms with E-state index in [2.05, 4.69) is 43.4 Å². The number of halogens is 1. The maximum atomic E-state index is 6.08. The topological polar surface area (TPSA) is 21.3 Å². The zero-order valence-electron chi connectivity index (χ0n) is 12.8. The van der Waals surface area contributed by atoms with E-state index < -0.39 is 0 Å². The molecule has 0 spiro atoms. The Labute approximate surface area is 132 Å². The zero-order chi connectivity index (χ0) is 15.2. The van der Waals surface area contributed by atoms with Gasteiger partial charge in [-0.2, -0.15) is 0 Å². The summed E-state index contributed by atoms with van der Waals surface area (Å²) in [6, 6.07) is 16.6. The fraction of sp³-hybridized carbons (Fsp3) is 0.333. The van der Waals surface area contributed by atoms with Crippen LogP contribution in [-0.4, -0.2) is 7.11 Å². The molecule has 2 aromatic rings. The number of nitrogens with one attached hydrogen (secondary N) is 1. The first kappa shape index (κ1) is 15.7. The first-order valence-electron chi connectivity index (χ1n) is 7.25. The van der Waals surface area contributed by atoms with Crippen molar-refractivity contribution in [2.45, 2.75) is 26.3 Å². The highest BCUT2D eigenvalue weighted by Gasteiger charge is 2.14. The molecular weight excluding hydrogens is 282 g/mol. The molecule has 1 N–H and O–H groups in total. The van der Waals surface area contributed by atoms with Crippen LogP contribution in [0.5, 0.6) is 5.75 Å². The van der Waals surface area contributed by atoms with Crippen LogP contribution in [0.4, 0.5) is 5.69 Å². The summed E-state index contributed by atoms with van der Waals surface area (Å²) in [7, 11) is 1.63. The highest BCUT2D eigenvalue weighted by Crippen LogP contribution is 2.31. The second kappa shape index (κ2) is 7.37. The van der Waals surface area contributed by atoms with Gasteiger partial charge in [0.1, 0.15) is 5.75 Å². The molecule has 0 aliphatic carbocycles. The van der Waals surface area contributed by atoms with Crippen LogP contribution >= 0.6 is 11.6 Å². The third-order valence-electron chi connectivity index (χ3n) is 3.40. The normalized spacial score (nSPS) is 12.2. The van der Waals surface area contributed by atoms with Crippen molar-refractivity contribution < 1.29 is 4.74 Å². The average molecular weight is 304 g/mol. The fourth-order valence-corrected chi connectivity index (χ4v) is 2.58. The SMILES string of the molecule is COc1cc(NC(CC(C)C)c2ccccc2)ccc1Cl. The summed E-state index contributed by atoms with van der Waals surface area (Å²) in [5.74, 6) is 1.30. The minimum absolute atomic E-state index is 0.275. The number of hydrogen-bond acceptors (Lipinski definition) is 2. The summed E-state index contributed by atoms with van der Waals surface area (Å²) < 4.78 is 5.28. The lowest BCUT2D eigenvalue weighted by molar-refractivity contribution is 0.415. The Hall–Kier alpha value is -1.67. The van der Waals surface area contributed by atoms with Crippen LogP contribution in [-0.2, 0) is 0 Å². The number of methoxy groups -OCH3 is 1. The van der Waals surface area contributed by atoms with Crippen LogP contribution in [0.1, 0.15) is 31.9 Å². The van der Waals surface area contributed by atoms with Gasteiger partial charge in [0.25, 0.3) is 0 Å². The molecule has 0 bridgehead atoms. The van der Waals surface area contributed by atoms with E-state index in [0.29, 0.717) is 16.7 Å². The smallest absolute Gasteiger partial charge is 0.139 e. The molecule has 2 rings (SSSR count). The molecule has 0 heterocycles. The van der Waals surface area contributed by atoms with Gasteiger partial charge in [-0.25, -0.2) is 0 Å². The third kappa shape index (κ3) is 4.40. The summed E-state index contributed by atoms with van der Waals surface area (Å²) in [5, 5.41) is 4.22. The number of hydrogen-bond donors (Lipinski definition) is 1. The minimum atomic E-state index is 0.275. The molecule has 3 heteroatoms. The molecule has 1 atom stereocenters. The number of ether oxygens (including phenoxy) is 1. The molecule has 112 valence electrons. The van der Waals surface area contributed by atoms with Crippen LogP contribution in [0.15, 0.2) is 48.5 Å². The van der Waals surface area contributed by atoms with E-state index in [1.54, 1.807) is 7.11 Å². The molecule has 0 saturated carbocycles. The summed E-state index contributed by atoms with van der Waals surface area (Å²) in [5.41, 5.74) is 2.31. The van der Waals surface area contributed by atoms with Crippen molar-refractivity contribution in [2.75, 3.05) is 12.4 Å². The average Bonchev–Trinajstić information content (AvgIpc) is 2.49. The van der Waals surface area contributed by atoms with Gasteiger partial charge in [0.2, 0.25) is 0 Å². The van der Waals surface area contributed by atoms with Gasteiger partial charge < -0.3 is 10.1 Å². The van der Waals surface area contributed by atoms with Gasteiger partial charge >= 0.3 is 0 Å². The van der Waals surface area contributed by atoms with E-state index in [0.717, 1.165) is 12.1 Å². The van der Waals surface area contributed by atoms with Gasteiger partial charge in [0.05, 0.1) is 18.2 Å². The number of anilines is 1. The predicted molar refractivity (Wildman–Crippen MR) is 90.3 cm³/mol. The van der Waals surface area contributed by atoms with Crippen molar-refractivity contribution in [3.05, 3.63) is 59.1 Å². The van der Waals surface area contributed by atoms with E-state index in [-0.39, 0.29) is 6.04 Å². The molecule has 0 aliphatic rings. The van der Waals surface area contributed by atoms with Crippen LogP contribution in [0.2, 0.25) is 5.02 Å². The Bertz CT molecular complexity index is 569. The molecule has 21 heavy (non-hydrogen) atoms. The van der Waals surface area contributed by atoms with E-state index in [1.165, 1.54) is 5.56 Å². The largest absolute Gasteiger partial charge is 0.495 e. The summed E-state index contributed by atoms with van der Waals surface area (Å²) in [6.45, 7) is 4.47. The second-order valence-corrected chi connectivity index (χ2v) is 5.99. The maximum Gasteiger partial charge on any atom is 0.139 e. The molecular formula is C18H22ClNO. The maximum absolute atomic E-state index is 6.08. The minimum Gasteiger partial charge on any atom is -0.495 e. The van der Waals surface area contributed by atoms with Gasteiger partial charge in [-0.15, -0.1) is 0 Å². The van der Waals surface area contributed by atoms with Gasteiger partial charge in [-0.05, 0) is 30.0 Å². The highest BCUT2D eigenvalue weighted by atomic mass is 35.5. The Morgan fingerprint density at radius 1 is 1.10 bits per heavy atom. The molecule has 0 fully saturated rings. The number of benzene rings is 2. The van der Waals surface area contributed by atoms with Crippen molar-refractivity contribution in [1.82, 2.24) is 0 Å². The van der Waals surface area contributed by atoms with Crippen LogP contribution < -0.4 is 10.1 Å². The first-order valence-corrected chi connectivity index (χ1v) is 7.63. The third-order valence-corrected chi connectivity index (χ3v) is 3.71. The van der Waals surface area contributed by atoms with Crippen LogP contribution in [0.3, 0.4) is 0 Å². The Morgan fingerprint density at radius 2 is 1.81 bits per heavy atom. The van der Waals surface area contributed by atoms with Gasteiger partial charge in [-0.3, -0.25) is 0 Å². The number of rotatable bonds is 6. The molecule has 0 aromatic heterocycles. The standard InChI is InChI=1S/C18H22ClNO/c1-13(2)11-17(14-7-5-4-6-8-14)20-15-9-10-16(19)18(12-15)21-3/h4-10,12-13,17,20H,11H2,1-3H3. The highest BCUT2D eigenvalue weighted by molar-refractivity contribution is 6.32. The first-order chi connectivity index (χ1) is 10.1. The van der Waals surface area contributed by atoms with Gasteiger partial charge in [0.15, 0.2) is 0 Å². The summed E-state index contributed by atoms with van der Waals surface area (Å²) >= 11 is 6.08.